The molecule has 1 N–H and O–H groups in total. The highest BCUT2D eigenvalue weighted by atomic mass is 15.1. The second kappa shape index (κ2) is 5.48. The fourth-order valence-electron chi connectivity index (χ4n) is 2.99. The minimum absolute atomic E-state index is 0.0393. The summed E-state index contributed by atoms with van der Waals surface area (Å²) in [5, 5.41) is 12.5. The molecule has 2 heteroatoms. The molecule has 3 atom stereocenters. The van der Waals surface area contributed by atoms with Crippen molar-refractivity contribution in [2.45, 2.75) is 31.3 Å². The van der Waals surface area contributed by atoms with Crippen molar-refractivity contribution in [2.24, 2.45) is 0 Å². The van der Waals surface area contributed by atoms with Crippen LogP contribution in [0.25, 0.3) is 11.1 Å². The maximum Gasteiger partial charge on any atom is 0.104 e. The number of rotatable bonds is 3. The Balaban J connectivity index is 1.85. The lowest BCUT2D eigenvalue weighted by Gasteiger charge is -2.42. The summed E-state index contributed by atoms with van der Waals surface area (Å²) in [6.07, 6.45) is 1.06. The predicted octanol–water partition coefficient (Wildman–Crippen LogP) is 3.71. The Morgan fingerprint density at radius 1 is 1.00 bits per heavy atom. The SMILES string of the molecule is CC[C@@H]1NC(C#N)[C@H]1c1ccc(-c2ccccc2)cc1. The lowest BCUT2D eigenvalue weighted by molar-refractivity contribution is 0.250. The third-order valence-corrected chi connectivity index (χ3v) is 4.17. The highest BCUT2D eigenvalue weighted by molar-refractivity contribution is 5.63. The number of nitriles is 1. The molecule has 1 aliphatic rings. The van der Waals surface area contributed by atoms with Gasteiger partial charge in [-0.25, -0.2) is 0 Å². The number of benzene rings is 2. The van der Waals surface area contributed by atoms with Gasteiger partial charge in [-0.15, -0.1) is 0 Å². The van der Waals surface area contributed by atoms with Crippen molar-refractivity contribution in [1.29, 1.82) is 5.26 Å². The molecule has 20 heavy (non-hydrogen) atoms. The van der Waals surface area contributed by atoms with E-state index in [4.69, 9.17) is 5.26 Å². The molecule has 1 unspecified atom stereocenters. The normalized spacial score (nSPS) is 24.7. The van der Waals surface area contributed by atoms with Crippen LogP contribution in [0.5, 0.6) is 0 Å². The number of hydrogen-bond acceptors (Lipinski definition) is 2. The summed E-state index contributed by atoms with van der Waals surface area (Å²) >= 11 is 0. The van der Waals surface area contributed by atoms with E-state index < -0.39 is 0 Å². The third-order valence-electron chi connectivity index (χ3n) is 4.17. The van der Waals surface area contributed by atoms with E-state index in [1.54, 1.807) is 0 Å². The standard InChI is InChI=1S/C18H18N2/c1-2-16-18(17(12-19)20-16)15-10-8-14(9-11-15)13-6-4-3-5-7-13/h3-11,16-18,20H,2H2,1H3/t16-,17?,18-/m0/s1. The van der Waals surface area contributed by atoms with Crippen molar-refractivity contribution in [3.05, 3.63) is 60.2 Å². The Bertz CT molecular complexity index is 610. The second-order valence-electron chi connectivity index (χ2n) is 5.30. The molecule has 1 saturated heterocycles. The largest absolute Gasteiger partial charge is 0.298 e. The first-order chi connectivity index (χ1) is 9.83. The average molecular weight is 262 g/mol. The molecule has 1 fully saturated rings. The molecular formula is C18H18N2. The zero-order chi connectivity index (χ0) is 13.9. The summed E-state index contributed by atoms with van der Waals surface area (Å²) in [6, 6.07) is 21.8. The molecule has 2 aromatic rings. The van der Waals surface area contributed by atoms with Crippen molar-refractivity contribution >= 4 is 0 Å². The van der Waals surface area contributed by atoms with Crippen LogP contribution in [-0.4, -0.2) is 12.1 Å². The van der Waals surface area contributed by atoms with E-state index in [1.165, 1.54) is 16.7 Å². The van der Waals surface area contributed by atoms with E-state index in [0.717, 1.165) is 6.42 Å². The molecule has 100 valence electrons. The minimum atomic E-state index is -0.0393. The van der Waals surface area contributed by atoms with Crippen LogP contribution in [0.3, 0.4) is 0 Å². The minimum Gasteiger partial charge on any atom is -0.298 e. The monoisotopic (exact) mass is 262 g/mol. The second-order valence-corrected chi connectivity index (χ2v) is 5.30. The van der Waals surface area contributed by atoms with Crippen molar-refractivity contribution < 1.29 is 0 Å². The van der Waals surface area contributed by atoms with E-state index in [0.29, 0.717) is 12.0 Å². The Morgan fingerprint density at radius 3 is 2.25 bits per heavy atom. The number of nitrogens with zero attached hydrogens (tertiary/aromatic N) is 1. The predicted molar refractivity (Wildman–Crippen MR) is 81.2 cm³/mol. The van der Waals surface area contributed by atoms with Gasteiger partial charge in [-0.05, 0) is 23.1 Å². The molecule has 3 rings (SSSR count). The van der Waals surface area contributed by atoms with Crippen LogP contribution in [0.2, 0.25) is 0 Å². The molecule has 1 heterocycles. The van der Waals surface area contributed by atoms with Crippen LogP contribution in [0.1, 0.15) is 24.8 Å². The first kappa shape index (κ1) is 12.9. The summed E-state index contributed by atoms with van der Waals surface area (Å²) in [4.78, 5) is 0. The summed E-state index contributed by atoms with van der Waals surface area (Å²) in [7, 11) is 0. The molecular weight excluding hydrogens is 244 g/mol. The quantitative estimate of drug-likeness (QED) is 0.915. The Labute approximate surface area is 120 Å². The summed E-state index contributed by atoms with van der Waals surface area (Å²) < 4.78 is 0. The van der Waals surface area contributed by atoms with Gasteiger partial charge in [0.15, 0.2) is 0 Å². The Kier molecular flexibility index (Phi) is 3.54. The Hall–Kier alpha value is -2.11. The van der Waals surface area contributed by atoms with Gasteiger partial charge in [0.05, 0.1) is 6.07 Å². The topological polar surface area (TPSA) is 35.8 Å². The lowest BCUT2D eigenvalue weighted by Crippen LogP contribution is -2.58. The highest BCUT2D eigenvalue weighted by Crippen LogP contribution is 2.34. The zero-order valence-electron chi connectivity index (χ0n) is 11.6. The molecule has 0 aliphatic carbocycles. The molecule has 0 radical (unpaired) electrons. The fraction of sp³-hybridized carbons (Fsp3) is 0.278. The highest BCUT2D eigenvalue weighted by Gasteiger charge is 2.40. The number of hydrogen-bond donors (Lipinski definition) is 1. The van der Waals surface area contributed by atoms with Gasteiger partial charge in [0, 0.05) is 12.0 Å². The van der Waals surface area contributed by atoms with Crippen LogP contribution < -0.4 is 5.32 Å². The first-order valence-electron chi connectivity index (χ1n) is 7.14. The first-order valence-corrected chi connectivity index (χ1v) is 7.14. The molecule has 0 bridgehead atoms. The van der Waals surface area contributed by atoms with Crippen molar-refractivity contribution in [3.63, 3.8) is 0 Å². The van der Waals surface area contributed by atoms with Gasteiger partial charge >= 0.3 is 0 Å². The maximum absolute atomic E-state index is 9.15. The van der Waals surface area contributed by atoms with Gasteiger partial charge < -0.3 is 0 Å². The van der Waals surface area contributed by atoms with Crippen LogP contribution in [-0.2, 0) is 0 Å². The van der Waals surface area contributed by atoms with Gasteiger partial charge in [-0.1, -0.05) is 61.5 Å². The van der Waals surface area contributed by atoms with Gasteiger partial charge in [0.25, 0.3) is 0 Å². The van der Waals surface area contributed by atoms with E-state index in [9.17, 15) is 0 Å². The van der Waals surface area contributed by atoms with E-state index >= 15 is 0 Å². The van der Waals surface area contributed by atoms with Crippen LogP contribution >= 0.6 is 0 Å². The van der Waals surface area contributed by atoms with E-state index in [2.05, 4.69) is 66.8 Å². The fourth-order valence-corrected chi connectivity index (χ4v) is 2.99. The average Bonchev–Trinajstić information content (AvgIpc) is 2.49. The van der Waals surface area contributed by atoms with Gasteiger partial charge in [-0.2, -0.15) is 5.26 Å². The lowest BCUT2D eigenvalue weighted by atomic mass is 9.77. The molecule has 0 saturated carbocycles. The van der Waals surface area contributed by atoms with Crippen molar-refractivity contribution in [2.75, 3.05) is 0 Å². The van der Waals surface area contributed by atoms with Crippen LogP contribution in [0.15, 0.2) is 54.6 Å². The van der Waals surface area contributed by atoms with Gasteiger partial charge in [-0.3, -0.25) is 5.32 Å². The molecule has 1 aliphatic heterocycles. The summed E-state index contributed by atoms with van der Waals surface area (Å²) in [5.41, 5.74) is 3.72. The number of nitrogens with one attached hydrogen (secondary N) is 1. The van der Waals surface area contributed by atoms with Crippen LogP contribution in [0, 0.1) is 11.3 Å². The summed E-state index contributed by atoms with van der Waals surface area (Å²) in [5.74, 6) is 0.329. The van der Waals surface area contributed by atoms with E-state index in [1.807, 2.05) is 6.07 Å². The zero-order valence-corrected chi connectivity index (χ0v) is 11.6. The Morgan fingerprint density at radius 2 is 1.65 bits per heavy atom. The molecule has 0 aromatic heterocycles. The van der Waals surface area contributed by atoms with E-state index in [-0.39, 0.29) is 6.04 Å². The van der Waals surface area contributed by atoms with Gasteiger partial charge in [0.1, 0.15) is 6.04 Å². The summed E-state index contributed by atoms with van der Waals surface area (Å²) in [6.45, 7) is 2.16. The van der Waals surface area contributed by atoms with Gasteiger partial charge in [0.2, 0.25) is 0 Å². The van der Waals surface area contributed by atoms with Crippen LogP contribution in [0.4, 0.5) is 0 Å². The molecule has 2 nitrogen and oxygen atoms in total. The molecule has 0 amide bonds. The maximum atomic E-state index is 9.15. The molecule has 0 spiro atoms. The molecule has 2 aromatic carbocycles. The third kappa shape index (κ3) is 2.21. The van der Waals surface area contributed by atoms with Crippen molar-refractivity contribution in [3.8, 4) is 17.2 Å². The smallest absolute Gasteiger partial charge is 0.104 e. The van der Waals surface area contributed by atoms with Crippen molar-refractivity contribution in [1.82, 2.24) is 5.32 Å².